The van der Waals surface area contributed by atoms with E-state index in [0.29, 0.717) is 5.02 Å². The first-order valence-electron chi connectivity index (χ1n) is 10.7. The SMILES string of the molecule is C[C@@H](NC(=O)CN(c1ccc(Cl)cc1Cl)S(=O)(=O)c1ccccc1)c1ccc2c(c1)CCC2. The number of benzene rings is 3. The Kier molecular flexibility index (Phi) is 6.98. The molecule has 0 fully saturated rings. The molecule has 1 amide bonds. The molecule has 3 aromatic rings. The minimum Gasteiger partial charge on any atom is -0.348 e. The highest BCUT2D eigenvalue weighted by molar-refractivity contribution is 7.92. The van der Waals surface area contributed by atoms with E-state index in [2.05, 4.69) is 17.4 Å². The third kappa shape index (κ3) is 5.18. The maximum absolute atomic E-state index is 13.4. The number of aryl methyl sites for hydroxylation is 2. The first-order valence-corrected chi connectivity index (χ1v) is 12.9. The quantitative estimate of drug-likeness (QED) is 0.460. The van der Waals surface area contributed by atoms with Crippen LogP contribution in [0.4, 0.5) is 5.69 Å². The summed E-state index contributed by atoms with van der Waals surface area (Å²) >= 11 is 12.3. The van der Waals surface area contributed by atoms with Crippen molar-refractivity contribution in [1.82, 2.24) is 5.32 Å². The van der Waals surface area contributed by atoms with Gasteiger partial charge in [0.15, 0.2) is 0 Å². The van der Waals surface area contributed by atoms with Crippen LogP contribution in [0.2, 0.25) is 10.0 Å². The molecule has 4 rings (SSSR count). The Balaban J connectivity index is 1.60. The van der Waals surface area contributed by atoms with Crippen LogP contribution in [0.25, 0.3) is 0 Å². The molecule has 1 aliphatic rings. The Bertz CT molecular complexity index is 1280. The van der Waals surface area contributed by atoms with Gasteiger partial charge in [0.25, 0.3) is 10.0 Å². The van der Waals surface area contributed by atoms with Gasteiger partial charge in [0.1, 0.15) is 6.54 Å². The summed E-state index contributed by atoms with van der Waals surface area (Å²) in [7, 11) is -4.05. The highest BCUT2D eigenvalue weighted by Crippen LogP contribution is 2.33. The lowest BCUT2D eigenvalue weighted by Crippen LogP contribution is -2.41. The zero-order valence-corrected chi connectivity index (χ0v) is 20.4. The highest BCUT2D eigenvalue weighted by Gasteiger charge is 2.29. The molecule has 0 aromatic heterocycles. The van der Waals surface area contributed by atoms with Crippen molar-refractivity contribution in [3.8, 4) is 0 Å². The van der Waals surface area contributed by atoms with Gasteiger partial charge in [0.05, 0.1) is 21.6 Å². The summed E-state index contributed by atoms with van der Waals surface area (Å²) in [6, 6.07) is 18.4. The van der Waals surface area contributed by atoms with Gasteiger partial charge < -0.3 is 5.32 Å². The second-order valence-electron chi connectivity index (χ2n) is 8.09. The van der Waals surface area contributed by atoms with Crippen LogP contribution >= 0.6 is 23.2 Å². The number of hydrogen-bond acceptors (Lipinski definition) is 3. The van der Waals surface area contributed by atoms with E-state index in [1.807, 2.05) is 13.0 Å². The van der Waals surface area contributed by atoms with Gasteiger partial charge in [-0.15, -0.1) is 0 Å². The molecule has 0 radical (unpaired) electrons. The van der Waals surface area contributed by atoms with E-state index in [9.17, 15) is 13.2 Å². The third-order valence-corrected chi connectivity index (χ3v) is 8.11. The van der Waals surface area contributed by atoms with Crippen molar-refractivity contribution >= 4 is 44.8 Å². The van der Waals surface area contributed by atoms with Crippen LogP contribution in [0, 0.1) is 0 Å². The number of carbonyl (C=O) groups excluding carboxylic acids is 1. The summed E-state index contributed by atoms with van der Waals surface area (Å²) in [6.07, 6.45) is 3.28. The smallest absolute Gasteiger partial charge is 0.264 e. The lowest BCUT2D eigenvalue weighted by Gasteiger charge is -2.26. The van der Waals surface area contributed by atoms with E-state index >= 15 is 0 Å². The molecule has 172 valence electrons. The van der Waals surface area contributed by atoms with Crippen molar-refractivity contribution in [1.29, 1.82) is 0 Å². The topological polar surface area (TPSA) is 66.5 Å². The van der Waals surface area contributed by atoms with Crippen molar-refractivity contribution in [3.63, 3.8) is 0 Å². The lowest BCUT2D eigenvalue weighted by atomic mass is 10.0. The van der Waals surface area contributed by atoms with Crippen LogP contribution in [0.1, 0.15) is 36.1 Å². The zero-order valence-electron chi connectivity index (χ0n) is 18.1. The Morgan fingerprint density at radius 1 is 1.00 bits per heavy atom. The van der Waals surface area contributed by atoms with Crippen molar-refractivity contribution in [2.45, 2.75) is 37.1 Å². The fourth-order valence-corrected chi connectivity index (χ4v) is 6.09. The summed E-state index contributed by atoms with van der Waals surface area (Å²) in [6.45, 7) is 1.47. The molecule has 1 aliphatic carbocycles. The van der Waals surface area contributed by atoms with E-state index in [4.69, 9.17) is 23.2 Å². The van der Waals surface area contributed by atoms with Gasteiger partial charge in [-0.1, -0.05) is 59.6 Å². The number of rotatable bonds is 7. The number of nitrogens with one attached hydrogen (secondary N) is 1. The second kappa shape index (κ2) is 9.75. The van der Waals surface area contributed by atoms with Gasteiger partial charge in [-0.05, 0) is 73.2 Å². The fraction of sp³-hybridized carbons (Fsp3) is 0.240. The standard InChI is InChI=1S/C25H24Cl2N2O3S/c1-17(19-11-10-18-6-5-7-20(18)14-19)28-25(30)16-29(24-13-12-21(26)15-23(24)27)33(31,32)22-8-3-2-4-9-22/h2-4,8-15,17H,5-7,16H2,1H3,(H,28,30)/t17-/m1/s1. The number of halogens is 2. The van der Waals surface area contributed by atoms with Crippen LogP contribution in [-0.4, -0.2) is 20.9 Å². The van der Waals surface area contributed by atoms with Gasteiger partial charge in [-0.3, -0.25) is 9.10 Å². The summed E-state index contributed by atoms with van der Waals surface area (Å²) in [5, 5.41) is 3.44. The Hall–Kier alpha value is -2.54. The first kappa shape index (κ1) is 23.6. The molecule has 0 aliphatic heterocycles. The normalized spacial score (nSPS) is 13.9. The average molecular weight is 503 g/mol. The number of hydrogen-bond donors (Lipinski definition) is 1. The number of sulfonamides is 1. The molecule has 0 bridgehead atoms. The zero-order chi connectivity index (χ0) is 23.6. The molecule has 1 atom stereocenters. The molecule has 1 N–H and O–H groups in total. The van der Waals surface area contributed by atoms with Crippen molar-refractivity contribution in [2.24, 2.45) is 0 Å². The largest absolute Gasteiger partial charge is 0.348 e. The molecular formula is C25H24Cl2N2O3S. The van der Waals surface area contributed by atoms with Crippen molar-refractivity contribution in [3.05, 3.63) is 93.5 Å². The van der Waals surface area contributed by atoms with Crippen LogP contribution in [0.3, 0.4) is 0 Å². The van der Waals surface area contributed by atoms with Crippen molar-refractivity contribution in [2.75, 3.05) is 10.8 Å². The molecular weight excluding hydrogens is 479 g/mol. The second-order valence-corrected chi connectivity index (χ2v) is 10.8. The molecule has 0 spiro atoms. The third-order valence-electron chi connectivity index (χ3n) is 5.80. The molecule has 8 heteroatoms. The van der Waals surface area contributed by atoms with Crippen molar-refractivity contribution < 1.29 is 13.2 Å². The fourth-order valence-electron chi connectivity index (χ4n) is 4.06. The van der Waals surface area contributed by atoms with Gasteiger partial charge in [0.2, 0.25) is 5.91 Å². The number of nitrogens with zero attached hydrogens (tertiary/aromatic N) is 1. The van der Waals surface area contributed by atoms with E-state index < -0.39 is 22.5 Å². The lowest BCUT2D eigenvalue weighted by molar-refractivity contribution is -0.120. The van der Waals surface area contributed by atoms with Gasteiger partial charge >= 0.3 is 0 Å². The van der Waals surface area contributed by atoms with E-state index in [-0.39, 0.29) is 21.6 Å². The maximum atomic E-state index is 13.4. The molecule has 0 saturated carbocycles. The molecule has 0 unspecified atom stereocenters. The van der Waals surface area contributed by atoms with E-state index in [1.165, 1.54) is 35.4 Å². The maximum Gasteiger partial charge on any atom is 0.264 e. The van der Waals surface area contributed by atoms with E-state index in [0.717, 1.165) is 29.1 Å². The minimum atomic E-state index is -4.05. The molecule has 0 saturated heterocycles. The number of amides is 1. The number of fused-ring (bicyclic) bond motifs is 1. The predicted octanol–water partition coefficient (Wildman–Crippen LogP) is 5.55. The van der Waals surface area contributed by atoms with Crippen LogP contribution < -0.4 is 9.62 Å². The Labute approximate surface area is 204 Å². The van der Waals surface area contributed by atoms with E-state index in [1.54, 1.807) is 24.3 Å². The monoisotopic (exact) mass is 502 g/mol. The Morgan fingerprint density at radius 3 is 2.45 bits per heavy atom. The Morgan fingerprint density at radius 2 is 1.73 bits per heavy atom. The van der Waals surface area contributed by atoms with Gasteiger partial charge in [0, 0.05) is 5.02 Å². The highest BCUT2D eigenvalue weighted by atomic mass is 35.5. The first-order chi connectivity index (χ1) is 15.8. The summed E-state index contributed by atoms with van der Waals surface area (Å²) < 4.78 is 27.9. The molecule has 33 heavy (non-hydrogen) atoms. The van der Waals surface area contributed by atoms with Crippen LogP contribution in [0.15, 0.2) is 71.6 Å². The number of anilines is 1. The number of carbonyl (C=O) groups is 1. The summed E-state index contributed by atoms with van der Waals surface area (Å²) in [4.78, 5) is 13.1. The van der Waals surface area contributed by atoms with Crippen LogP contribution in [0.5, 0.6) is 0 Å². The molecule has 3 aromatic carbocycles. The van der Waals surface area contributed by atoms with Gasteiger partial charge in [-0.2, -0.15) is 0 Å². The van der Waals surface area contributed by atoms with Crippen LogP contribution in [-0.2, 0) is 27.7 Å². The summed E-state index contributed by atoms with van der Waals surface area (Å²) in [5.74, 6) is -0.437. The molecule has 5 nitrogen and oxygen atoms in total. The molecule has 0 heterocycles. The predicted molar refractivity (Wildman–Crippen MR) is 132 cm³/mol. The van der Waals surface area contributed by atoms with Gasteiger partial charge in [-0.25, -0.2) is 8.42 Å². The average Bonchev–Trinajstić information content (AvgIpc) is 3.26. The minimum absolute atomic E-state index is 0.0653. The summed E-state index contributed by atoms with van der Waals surface area (Å²) in [5.41, 5.74) is 3.85.